The number of amides is 1. The number of anilines is 1. The van der Waals surface area contributed by atoms with Crippen LogP contribution in [-0.4, -0.2) is 24.0 Å². The normalized spacial score (nSPS) is 33.7. The Morgan fingerprint density at radius 2 is 1.75 bits per heavy atom. The Hall–Kier alpha value is -1.97. The Morgan fingerprint density at radius 1 is 1.04 bits per heavy atom. The number of Topliss-reactive ketones (excluding diaryl/α,β-unsaturated/α-hetero) is 2. The van der Waals surface area contributed by atoms with Crippen molar-refractivity contribution in [3.63, 3.8) is 0 Å². The molecule has 1 amide bonds. The topological polar surface area (TPSA) is 54.5 Å². The van der Waals surface area contributed by atoms with Crippen LogP contribution in [0.15, 0.2) is 24.3 Å². The van der Waals surface area contributed by atoms with Gasteiger partial charge in [-0.25, -0.2) is 0 Å². The van der Waals surface area contributed by atoms with Crippen LogP contribution in [0.5, 0.6) is 0 Å². The van der Waals surface area contributed by atoms with Crippen LogP contribution in [0.4, 0.5) is 5.69 Å². The van der Waals surface area contributed by atoms with Gasteiger partial charge in [-0.3, -0.25) is 14.4 Å². The first-order valence-electron chi connectivity index (χ1n) is 8.76. The highest BCUT2D eigenvalue weighted by Crippen LogP contribution is 2.69. The smallest absolute Gasteiger partial charge is 0.241 e. The van der Waals surface area contributed by atoms with Crippen molar-refractivity contribution in [3.8, 4) is 0 Å². The summed E-state index contributed by atoms with van der Waals surface area (Å²) in [5.41, 5.74) is -0.501. The Kier molecular flexibility index (Phi) is 2.95. The average Bonchev–Trinajstić information content (AvgIpc) is 2.85. The van der Waals surface area contributed by atoms with Gasteiger partial charge in [-0.2, -0.15) is 0 Å². The van der Waals surface area contributed by atoms with E-state index in [1.807, 2.05) is 45.0 Å². The van der Waals surface area contributed by atoms with Crippen molar-refractivity contribution in [1.82, 2.24) is 0 Å². The zero-order valence-electron chi connectivity index (χ0n) is 14.5. The minimum atomic E-state index is -1.19. The first-order chi connectivity index (χ1) is 11.3. The molecule has 0 spiro atoms. The number of carbonyl (C=O) groups excluding carboxylic acids is 3. The first-order valence-corrected chi connectivity index (χ1v) is 8.76. The number of nitrogens with zero attached hydrogens (tertiary/aromatic N) is 1. The number of para-hydroxylation sites is 1. The number of ketones is 2. The second-order valence-electron chi connectivity index (χ2n) is 8.21. The van der Waals surface area contributed by atoms with Crippen molar-refractivity contribution >= 4 is 23.2 Å². The molecule has 2 bridgehead atoms. The van der Waals surface area contributed by atoms with Crippen LogP contribution in [0, 0.1) is 16.2 Å². The van der Waals surface area contributed by atoms with Crippen LogP contribution in [0.2, 0.25) is 0 Å². The summed E-state index contributed by atoms with van der Waals surface area (Å²) in [5, 5.41) is 0. The molecule has 2 aliphatic carbocycles. The van der Waals surface area contributed by atoms with E-state index in [1.54, 1.807) is 4.90 Å². The van der Waals surface area contributed by atoms with Crippen molar-refractivity contribution in [2.24, 2.45) is 16.2 Å². The Morgan fingerprint density at radius 3 is 2.42 bits per heavy atom. The average molecular weight is 325 g/mol. The fraction of sp³-hybridized carbons (Fsp3) is 0.550. The number of rotatable bonds is 1. The molecule has 3 aliphatic rings. The number of hydrogen-bond acceptors (Lipinski definition) is 3. The number of aryl methyl sites for hydroxylation is 1. The third-order valence-electron chi connectivity index (χ3n) is 7.26. The van der Waals surface area contributed by atoms with Gasteiger partial charge in [0.25, 0.3) is 0 Å². The van der Waals surface area contributed by atoms with E-state index < -0.39 is 22.0 Å². The molecule has 2 saturated carbocycles. The van der Waals surface area contributed by atoms with Gasteiger partial charge in [0.05, 0.1) is 0 Å². The van der Waals surface area contributed by atoms with Crippen molar-refractivity contribution in [1.29, 1.82) is 0 Å². The molecule has 1 aromatic rings. The summed E-state index contributed by atoms with van der Waals surface area (Å²) < 4.78 is 0. The highest BCUT2D eigenvalue weighted by molar-refractivity contribution is 6.49. The van der Waals surface area contributed by atoms with E-state index >= 15 is 0 Å². The Bertz CT molecular complexity index is 781. The predicted molar refractivity (Wildman–Crippen MR) is 90.7 cm³/mol. The van der Waals surface area contributed by atoms with E-state index in [4.69, 9.17) is 0 Å². The molecule has 0 saturated heterocycles. The van der Waals surface area contributed by atoms with Crippen molar-refractivity contribution in [2.75, 3.05) is 11.4 Å². The summed E-state index contributed by atoms with van der Waals surface area (Å²) in [6.07, 6.45) is 2.93. The lowest BCUT2D eigenvalue weighted by atomic mass is 9.64. The molecule has 0 radical (unpaired) electrons. The van der Waals surface area contributed by atoms with Crippen molar-refractivity contribution in [2.45, 2.75) is 46.5 Å². The molecule has 2 fully saturated rings. The summed E-state index contributed by atoms with van der Waals surface area (Å²) in [6.45, 7) is 6.33. The third-order valence-corrected chi connectivity index (χ3v) is 7.26. The first kappa shape index (κ1) is 15.6. The van der Waals surface area contributed by atoms with Crippen LogP contribution in [0.25, 0.3) is 0 Å². The molecule has 2 atom stereocenters. The molecular weight excluding hydrogens is 302 g/mol. The summed E-state index contributed by atoms with van der Waals surface area (Å²) in [4.78, 5) is 40.9. The molecule has 1 heterocycles. The molecule has 0 unspecified atom stereocenters. The number of hydrogen-bond donors (Lipinski definition) is 0. The number of carbonyl (C=O) groups is 3. The molecule has 4 nitrogen and oxygen atoms in total. The zero-order chi connectivity index (χ0) is 17.3. The monoisotopic (exact) mass is 325 g/mol. The minimum Gasteiger partial charge on any atom is -0.311 e. The van der Waals surface area contributed by atoms with E-state index in [0.29, 0.717) is 19.4 Å². The fourth-order valence-corrected chi connectivity index (χ4v) is 5.22. The van der Waals surface area contributed by atoms with Crippen molar-refractivity contribution in [3.05, 3.63) is 29.8 Å². The predicted octanol–water partition coefficient (Wildman–Crippen LogP) is 2.93. The van der Waals surface area contributed by atoms with Gasteiger partial charge in [0.15, 0.2) is 0 Å². The quantitative estimate of drug-likeness (QED) is 0.589. The molecule has 1 aliphatic heterocycles. The summed E-state index contributed by atoms with van der Waals surface area (Å²) in [6, 6.07) is 7.89. The Labute approximate surface area is 142 Å². The summed E-state index contributed by atoms with van der Waals surface area (Å²) in [5.74, 6) is -0.981. The van der Waals surface area contributed by atoms with Crippen LogP contribution in [0.1, 0.15) is 45.6 Å². The van der Waals surface area contributed by atoms with Gasteiger partial charge in [0, 0.05) is 17.6 Å². The third kappa shape index (κ3) is 1.48. The zero-order valence-corrected chi connectivity index (χ0v) is 14.5. The van der Waals surface area contributed by atoms with Crippen molar-refractivity contribution < 1.29 is 14.4 Å². The lowest BCUT2D eigenvalue weighted by Gasteiger charge is -2.41. The number of benzene rings is 1. The lowest BCUT2D eigenvalue weighted by molar-refractivity contribution is -0.148. The van der Waals surface area contributed by atoms with Gasteiger partial charge in [0.1, 0.15) is 5.41 Å². The number of fused-ring (bicyclic) bond motifs is 3. The highest BCUT2D eigenvalue weighted by Gasteiger charge is 2.78. The minimum absolute atomic E-state index is 0.167. The van der Waals surface area contributed by atoms with Gasteiger partial charge >= 0.3 is 0 Å². The molecule has 126 valence electrons. The second kappa shape index (κ2) is 4.56. The largest absolute Gasteiger partial charge is 0.311 e. The fourth-order valence-electron chi connectivity index (χ4n) is 5.22. The Balaban J connectivity index is 1.84. The molecule has 4 heteroatoms. The van der Waals surface area contributed by atoms with E-state index in [0.717, 1.165) is 24.1 Å². The van der Waals surface area contributed by atoms with E-state index in [1.165, 1.54) is 0 Å². The van der Waals surface area contributed by atoms with Crippen LogP contribution < -0.4 is 4.90 Å². The second-order valence-corrected chi connectivity index (χ2v) is 8.21. The van der Waals surface area contributed by atoms with Gasteiger partial charge in [-0.05, 0) is 42.7 Å². The molecule has 0 aromatic heterocycles. The molecule has 0 N–H and O–H groups in total. The SMILES string of the molecule is CC1(C)[C@@]2(C(=O)N3CCCc4ccccc43)CC[C@]1(C)C(=O)C2=O. The maximum atomic E-state index is 13.6. The van der Waals surface area contributed by atoms with Gasteiger partial charge in [-0.1, -0.05) is 39.0 Å². The van der Waals surface area contributed by atoms with Gasteiger partial charge < -0.3 is 4.90 Å². The maximum absolute atomic E-state index is 13.6. The molecule has 1 aromatic carbocycles. The van der Waals surface area contributed by atoms with Crippen LogP contribution in [-0.2, 0) is 20.8 Å². The summed E-state index contributed by atoms with van der Waals surface area (Å²) >= 11 is 0. The van der Waals surface area contributed by atoms with E-state index in [2.05, 4.69) is 0 Å². The maximum Gasteiger partial charge on any atom is 0.241 e. The molecule has 4 rings (SSSR count). The molecular formula is C20H23NO3. The van der Waals surface area contributed by atoms with E-state index in [-0.39, 0.29) is 11.7 Å². The van der Waals surface area contributed by atoms with Crippen LogP contribution in [0.3, 0.4) is 0 Å². The summed E-state index contributed by atoms with van der Waals surface area (Å²) in [7, 11) is 0. The standard InChI is InChI=1S/C20H23NO3/c1-18(2)19(3)10-11-20(18,16(23)15(19)22)17(24)21-12-6-8-13-7-4-5-9-14(13)21/h4-5,7,9H,6,8,10-12H2,1-3H3/t19-,20+/m1/s1. The highest BCUT2D eigenvalue weighted by atomic mass is 16.2. The lowest BCUT2D eigenvalue weighted by Crippen LogP contribution is -2.53. The molecule has 24 heavy (non-hydrogen) atoms. The van der Waals surface area contributed by atoms with Gasteiger partial charge in [-0.15, -0.1) is 0 Å². The van der Waals surface area contributed by atoms with E-state index in [9.17, 15) is 14.4 Å². The van der Waals surface area contributed by atoms with Crippen LogP contribution >= 0.6 is 0 Å². The van der Waals surface area contributed by atoms with Gasteiger partial charge in [0.2, 0.25) is 17.5 Å².